The topological polar surface area (TPSA) is 158 Å². The van der Waals surface area contributed by atoms with Crippen molar-refractivity contribution in [1.82, 2.24) is 0 Å². The molecule has 342 valence electrons. The summed E-state index contributed by atoms with van der Waals surface area (Å²) in [5.41, 5.74) is 13.8. The second-order valence-corrected chi connectivity index (χ2v) is 16.3. The van der Waals surface area contributed by atoms with Gasteiger partial charge in [-0.3, -0.25) is 4.79 Å². The Hall–Kier alpha value is -4.70. The van der Waals surface area contributed by atoms with E-state index in [4.69, 9.17) is 47.4 Å². The second-order valence-electron chi connectivity index (χ2n) is 16.3. The van der Waals surface area contributed by atoms with E-state index in [0.717, 1.165) is 60.8 Å². The highest BCUT2D eigenvalue weighted by molar-refractivity contribution is 5.68. The zero-order chi connectivity index (χ0) is 44.4. The fourth-order valence-corrected chi connectivity index (χ4v) is 8.33. The van der Waals surface area contributed by atoms with Gasteiger partial charge in [0.2, 0.25) is 0 Å². The van der Waals surface area contributed by atoms with Crippen LogP contribution >= 0.6 is 0 Å². The first-order chi connectivity index (χ1) is 31.5. The Labute approximate surface area is 376 Å². The third kappa shape index (κ3) is 13.4. The van der Waals surface area contributed by atoms with Crippen LogP contribution in [0.4, 0.5) is 0 Å². The van der Waals surface area contributed by atoms with Crippen molar-refractivity contribution in [3.63, 3.8) is 0 Å². The van der Waals surface area contributed by atoms with E-state index in [0.29, 0.717) is 19.6 Å². The van der Waals surface area contributed by atoms with Gasteiger partial charge in [-0.05, 0) is 42.0 Å². The molecule has 14 heteroatoms. The van der Waals surface area contributed by atoms with Crippen LogP contribution in [0.25, 0.3) is 10.4 Å². The molecule has 1 unspecified atom stereocenters. The molecule has 64 heavy (non-hydrogen) atoms. The number of unbranched alkanes of at least 4 members (excludes halogenated alkanes) is 5. The minimum Gasteiger partial charge on any atom is -0.469 e. The predicted octanol–water partition coefficient (Wildman–Crippen LogP) is 9.31. The summed E-state index contributed by atoms with van der Waals surface area (Å²) in [6, 6.07) is 38.5. The van der Waals surface area contributed by atoms with Crippen LogP contribution in [0, 0.1) is 0 Å². The van der Waals surface area contributed by atoms with E-state index in [-0.39, 0.29) is 25.8 Å². The van der Waals surface area contributed by atoms with E-state index >= 15 is 0 Å². The maximum atomic E-state index is 11.5. The van der Waals surface area contributed by atoms with Gasteiger partial charge < -0.3 is 47.4 Å². The first-order valence-corrected chi connectivity index (χ1v) is 22.5. The highest BCUT2D eigenvalue weighted by Crippen LogP contribution is 2.40. The Bertz CT molecular complexity index is 2000. The number of carbonyl (C=O) groups is 1. The average molecular weight is 880 g/mol. The predicted molar refractivity (Wildman–Crippen MR) is 236 cm³/mol. The number of ether oxygens (including phenoxy) is 10. The molecule has 0 saturated carbocycles. The first-order valence-electron chi connectivity index (χ1n) is 22.5. The van der Waals surface area contributed by atoms with Gasteiger partial charge in [-0.15, -0.1) is 0 Å². The van der Waals surface area contributed by atoms with Gasteiger partial charge in [-0.25, -0.2) is 0 Å². The molecular weight excluding hydrogens is 819 g/mol. The number of azide groups is 1. The number of methoxy groups -OCH3 is 1. The molecule has 3 aliphatic heterocycles. The third-order valence-electron chi connectivity index (χ3n) is 11.7. The average Bonchev–Trinajstić information content (AvgIpc) is 3.34. The van der Waals surface area contributed by atoms with Crippen molar-refractivity contribution in [3.8, 4) is 0 Å². The smallest absolute Gasteiger partial charge is 0.305 e. The SMILES string of the molecule is COC(=O)CCCCCCCCO[C@@H]1O[C@@H]2COC(c3ccccc3)O[C@H]2[C@H](O[C@@H]2O[C@@H](C)[C@@H](OCc3ccccc3)[C@@H](OCc3ccccc3)[C@@H]2OCc2ccccc2)[C@H]1N=[N+]=[N-]. The molecule has 3 fully saturated rings. The van der Waals surface area contributed by atoms with Gasteiger partial charge in [-0.1, -0.05) is 152 Å². The minimum absolute atomic E-state index is 0.173. The molecule has 0 N–H and O–H groups in total. The monoisotopic (exact) mass is 879 g/mol. The standard InChI is InChI=1S/C50H61N3O11/c1-35-43(57-31-36-21-11-7-12-22-36)46(58-32-37-23-13-8-14-24-37)47(59-33-38-25-15-9-16-26-38)50(61-35)64-45-42(52-53-51)49(56-30-20-6-4-3-5-19-29-41(54)55-2)62-40-34-60-48(63-44(40)45)39-27-17-10-18-28-39/h7-18,21-28,35,40,42-50H,3-6,19-20,29-34H2,1-2H3/t35-,40+,42+,43+,44+,45+,46+,47-,48?,49+,50-/m0/s1. The van der Waals surface area contributed by atoms with E-state index in [1.54, 1.807) is 0 Å². The Morgan fingerprint density at radius 3 is 1.78 bits per heavy atom. The van der Waals surface area contributed by atoms with Crippen molar-refractivity contribution >= 4 is 5.97 Å². The summed E-state index contributed by atoms with van der Waals surface area (Å²) in [5.74, 6) is -0.183. The number of esters is 1. The number of hydrogen-bond donors (Lipinski definition) is 0. The lowest BCUT2D eigenvalue weighted by Gasteiger charge is -2.51. The number of fused-ring (bicyclic) bond motifs is 1. The van der Waals surface area contributed by atoms with Crippen LogP contribution in [0.2, 0.25) is 0 Å². The van der Waals surface area contributed by atoms with Gasteiger partial charge in [-0.2, -0.15) is 0 Å². The summed E-state index contributed by atoms with van der Waals surface area (Å²) >= 11 is 0. The van der Waals surface area contributed by atoms with Gasteiger partial charge in [0.15, 0.2) is 18.9 Å². The molecular formula is C50H61N3O11. The fourth-order valence-electron chi connectivity index (χ4n) is 8.33. The van der Waals surface area contributed by atoms with Gasteiger partial charge in [0.1, 0.15) is 42.7 Å². The second kappa shape index (κ2) is 25.1. The van der Waals surface area contributed by atoms with Gasteiger partial charge in [0, 0.05) is 23.5 Å². The van der Waals surface area contributed by atoms with Crippen LogP contribution < -0.4 is 0 Å². The number of nitrogens with zero attached hydrogens (tertiary/aromatic N) is 3. The lowest BCUT2D eigenvalue weighted by Crippen LogP contribution is -2.66. The van der Waals surface area contributed by atoms with Gasteiger partial charge in [0.25, 0.3) is 0 Å². The van der Waals surface area contributed by atoms with Crippen LogP contribution in [-0.2, 0) is 72.0 Å². The number of hydrogen-bond acceptors (Lipinski definition) is 12. The highest BCUT2D eigenvalue weighted by Gasteiger charge is 2.55. The van der Waals surface area contributed by atoms with E-state index in [2.05, 4.69) is 10.0 Å². The molecule has 4 aromatic rings. The Balaban J connectivity index is 1.15. The maximum absolute atomic E-state index is 11.5. The molecule has 3 heterocycles. The zero-order valence-corrected chi connectivity index (χ0v) is 36.7. The summed E-state index contributed by atoms with van der Waals surface area (Å²) in [6.45, 7) is 3.32. The molecule has 3 saturated heterocycles. The van der Waals surface area contributed by atoms with Crippen LogP contribution in [0.1, 0.15) is 80.4 Å². The van der Waals surface area contributed by atoms with Crippen molar-refractivity contribution in [2.24, 2.45) is 5.11 Å². The quantitative estimate of drug-likeness (QED) is 0.0230. The Morgan fingerprint density at radius 2 is 1.19 bits per heavy atom. The molecule has 0 bridgehead atoms. The summed E-state index contributed by atoms with van der Waals surface area (Å²) in [6.07, 6.45) is -1.83. The van der Waals surface area contributed by atoms with E-state index in [1.165, 1.54) is 7.11 Å². The van der Waals surface area contributed by atoms with Crippen LogP contribution in [0.5, 0.6) is 0 Å². The maximum Gasteiger partial charge on any atom is 0.305 e. The molecule has 0 spiro atoms. The lowest BCUT2D eigenvalue weighted by atomic mass is 9.94. The van der Waals surface area contributed by atoms with Crippen molar-refractivity contribution in [2.75, 3.05) is 20.3 Å². The molecule has 0 aliphatic carbocycles. The largest absolute Gasteiger partial charge is 0.469 e. The molecule has 3 aliphatic rings. The minimum atomic E-state index is -1.04. The van der Waals surface area contributed by atoms with Gasteiger partial charge in [0.05, 0.1) is 39.6 Å². The van der Waals surface area contributed by atoms with Gasteiger partial charge >= 0.3 is 5.97 Å². The van der Waals surface area contributed by atoms with E-state index in [1.807, 2.05) is 128 Å². The van der Waals surface area contributed by atoms with Crippen LogP contribution in [0.15, 0.2) is 126 Å². The van der Waals surface area contributed by atoms with Crippen LogP contribution in [-0.4, -0.2) is 87.6 Å². The van der Waals surface area contributed by atoms with Crippen molar-refractivity contribution in [1.29, 1.82) is 0 Å². The number of rotatable bonds is 23. The van der Waals surface area contributed by atoms with Crippen molar-refractivity contribution in [2.45, 2.75) is 139 Å². The molecule has 11 atom stereocenters. The summed E-state index contributed by atoms with van der Waals surface area (Å²) in [7, 11) is 1.41. The lowest BCUT2D eigenvalue weighted by molar-refractivity contribution is -0.380. The van der Waals surface area contributed by atoms with E-state index < -0.39 is 67.6 Å². The Morgan fingerprint density at radius 1 is 0.641 bits per heavy atom. The highest BCUT2D eigenvalue weighted by atomic mass is 16.8. The molecule has 0 amide bonds. The van der Waals surface area contributed by atoms with E-state index in [9.17, 15) is 10.3 Å². The molecule has 0 aromatic heterocycles. The number of carbonyl (C=O) groups excluding carboxylic acids is 1. The summed E-state index contributed by atoms with van der Waals surface area (Å²) < 4.78 is 64.9. The molecule has 4 aromatic carbocycles. The summed E-state index contributed by atoms with van der Waals surface area (Å²) in [5, 5.41) is 4.28. The third-order valence-corrected chi connectivity index (χ3v) is 11.7. The molecule has 7 rings (SSSR count). The molecule has 0 radical (unpaired) electrons. The first kappa shape index (κ1) is 47.3. The normalized spacial score (nSPS) is 27.8. The van der Waals surface area contributed by atoms with Crippen molar-refractivity contribution in [3.05, 3.63) is 154 Å². The number of benzene rings is 4. The fraction of sp³-hybridized carbons (Fsp3) is 0.500. The van der Waals surface area contributed by atoms with Crippen LogP contribution in [0.3, 0.4) is 0 Å². The molecule has 14 nitrogen and oxygen atoms in total. The summed E-state index contributed by atoms with van der Waals surface area (Å²) in [4.78, 5) is 14.7. The Kier molecular flexibility index (Phi) is 18.5. The zero-order valence-electron chi connectivity index (χ0n) is 36.7. The van der Waals surface area contributed by atoms with Crippen molar-refractivity contribution < 1.29 is 52.2 Å².